The lowest BCUT2D eigenvalue weighted by Gasteiger charge is -2.32. The van der Waals surface area contributed by atoms with Gasteiger partial charge in [-0.15, -0.1) is 0 Å². The molecule has 1 aromatic rings. The van der Waals surface area contributed by atoms with Crippen molar-refractivity contribution in [1.29, 1.82) is 0 Å². The van der Waals surface area contributed by atoms with Crippen molar-refractivity contribution in [1.82, 2.24) is 14.8 Å². The predicted molar refractivity (Wildman–Crippen MR) is 67.1 cm³/mol. The lowest BCUT2D eigenvalue weighted by molar-refractivity contribution is 0.147. The Morgan fingerprint density at radius 2 is 2.06 bits per heavy atom. The van der Waals surface area contributed by atoms with Gasteiger partial charge in [0.05, 0.1) is 5.69 Å². The molecule has 0 N–H and O–H groups in total. The molecule has 1 saturated heterocycles. The van der Waals surface area contributed by atoms with E-state index in [1.54, 1.807) is 0 Å². The average Bonchev–Trinajstić information content (AvgIpc) is 2.33. The highest BCUT2D eigenvalue weighted by molar-refractivity contribution is 5.44. The second kappa shape index (κ2) is 5.23. The zero-order valence-electron chi connectivity index (χ0n) is 9.89. The first-order chi connectivity index (χ1) is 7.78. The summed E-state index contributed by atoms with van der Waals surface area (Å²) in [6, 6.07) is 4.17. The van der Waals surface area contributed by atoms with Crippen molar-refractivity contribution >= 4 is 6.08 Å². The SMILES string of the molecule is C=Cc1ccc(CN2CCN(C)CC2)nc1. The van der Waals surface area contributed by atoms with Crippen molar-refractivity contribution < 1.29 is 0 Å². The molecule has 0 saturated carbocycles. The molecule has 0 atom stereocenters. The molecule has 16 heavy (non-hydrogen) atoms. The fourth-order valence-corrected chi connectivity index (χ4v) is 1.89. The fraction of sp³-hybridized carbons (Fsp3) is 0.462. The van der Waals surface area contributed by atoms with Crippen LogP contribution in [-0.4, -0.2) is 48.0 Å². The standard InChI is InChI=1S/C13H19N3/c1-3-12-4-5-13(14-10-12)11-16-8-6-15(2)7-9-16/h3-5,10H,1,6-9,11H2,2H3. The first kappa shape index (κ1) is 11.3. The Bertz CT molecular complexity index is 337. The van der Waals surface area contributed by atoms with Crippen molar-refractivity contribution in [3.05, 3.63) is 36.2 Å². The van der Waals surface area contributed by atoms with Crippen LogP contribution in [0.15, 0.2) is 24.9 Å². The van der Waals surface area contributed by atoms with Gasteiger partial charge in [0.2, 0.25) is 0 Å². The van der Waals surface area contributed by atoms with Crippen molar-refractivity contribution in [2.75, 3.05) is 33.2 Å². The van der Waals surface area contributed by atoms with Crippen molar-refractivity contribution in [3.63, 3.8) is 0 Å². The van der Waals surface area contributed by atoms with Gasteiger partial charge >= 0.3 is 0 Å². The van der Waals surface area contributed by atoms with Crippen LogP contribution < -0.4 is 0 Å². The zero-order chi connectivity index (χ0) is 11.4. The van der Waals surface area contributed by atoms with E-state index in [9.17, 15) is 0 Å². The summed E-state index contributed by atoms with van der Waals surface area (Å²) in [4.78, 5) is 9.26. The van der Waals surface area contributed by atoms with Crippen molar-refractivity contribution in [3.8, 4) is 0 Å². The van der Waals surface area contributed by atoms with Crippen LogP contribution in [0, 0.1) is 0 Å². The summed E-state index contributed by atoms with van der Waals surface area (Å²) in [6.07, 6.45) is 3.71. The molecule has 0 radical (unpaired) electrons. The predicted octanol–water partition coefficient (Wildman–Crippen LogP) is 1.47. The third-order valence-corrected chi connectivity index (χ3v) is 3.06. The molecule has 86 valence electrons. The minimum atomic E-state index is 0.964. The van der Waals surface area contributed by atoms with E-state index in [1.165, 1.54) is 0 Å². The van der Waals surface area contributed by atoms with Gasteiger partial charge in [-0.2, -0.15) is 0 Å². The second-order valence-corrected chi connectivity index (χ2v) is 4.37. The maximum Gasteiger partial charge on any atom is 0.0544 e. The van der Waals surface area contributed by atoms with E-state index in [0.717, 1.165) is 44.0 Å². The zero-order valence-corrected chi connectivity index (χ0v) is 9.89. The molecule has 1 aromatic heterocycles. The molecule has 3 heteroatoms. The van der Waals surface area contributed by atoms with Crippen LogP contribution in [0.5, 0.6) is 0 Å². The van der Waals surface area contributed by atoms with Crippen LogP contribution in [-0.2, 0) is 6.54 Å². The maximum absolute atomic E-state index is 4.44. The summed E-state index contributed by atoms with van der Waals surface area (Å²) in [7, 11) is 2.18. The molecule has 1 aliphatic rings. The third kappa shape index (κ3) is 2.90. The number of aromatic nitrogens is 1. The van der Waals surface area contributed by atoms with Crippen LogP contribution in [0.25, 0.3) is 6.08 Å². The summed E-state index contributed by atoms with van der Waals surface area (Å²) in [5.74, 6) is 0. The number of rotatable bonds is 3. The first-order valence-corrected chi connectivity index (χ1v) is 5.76. The molecule has 0 aromatic carbocycles. The topological polar surface area (TPSA) is 19.4 Å². The molecular formula is C13H19N3. The molecule has 2 heterocycles. The largest absolute Gasteiger partial charge is 0.304 e. The molecule has 0 unspecified atom stereocenters. The van der Waals surface area contributed by atoms with E-state index in [1.807, 2.05) is 12.3 Å². The van der Waals surface area contributed by atoms with Gasteiger partial charge in [-0.1, -0.05) is 18.7 Å². The quantitative estimate of drug-likeness (QED) is 0.764. The normalized spacial score (nSPS) is 18.6. The van der Waals surface area contributed by atoms with Gasteiger partial charge in [-0.3, -0.25) is 9.88 Å². The Kier molecular flexibility index (Phi) is 3.70. The van der Waals surface area contributed by atoms with Gasteiger partial charge in [0, 0.05) is 38.9 Å². The second-order valence-electron chi connectivity index (χ2n) is 4.37. The smallest absolute Gasteiger partial charge is 0.0544 e. The van der Waals surface area contributed by atoms with Crippen LogP contribution in [0.3, 0.4) is 0 Å². The Hall–Kier alpha value is -1.19. The summed E-state index contributed by atoms with van der Waals surface area (Å²) in [5, 5.41) is 0. The highest BCUT2D eigenvalue weighted by Gasteiger charge is 2.13. The highest BCUT2D eigenvalue weighted by atomic mass is 15.2. The molecule has 1 fully saturated rings. The number of pyridine rings is 1. The van der Waals surface area contributed by atoms with Crippen LogP contribution in [0.1, 0.15) is 11.3 Å². The van der Waals surface area contributed by atoms with Gasteiger partial charge in [0.25, 0.3) is 0 Å². The Labute approximate surface area is 97.4 Å². The van der Waals surface area contributed by atoms with Gasteiger partial charge in [0.1, 0.15) is 0 Å². The minimum absolute atomic E-state index is 0.964. The molecule has 0 bridgehead atoms. The maximum atomic E-state index is 4.44. The third-order valence-electron chi connectivity index (χ3n) is 3.06. The number of hydrogen-bond acceptors (Lipinski definition) is 3. The van der Waals surface area contributed by atoms with Crippen LogP contribution in [0.4, 0.5) is 0 Å². The molecule has 0 spiro atoms. The lowest BCUT2D eigenvalue weighted by Crippen LogP contribution is -2.43. The number of piperazine rings is 1. The van der Waals surface area contributed by atoms with E-state index < -0.39 is 0 Å². The lowest BCUT2D eigenvalue weighted by atomic mass is 10.2. The van der Waals surface area contributed by atoms with Gasteiger partial charge in [-0.05, 0) is 18.7 Å². The fourth-order valence-electron chi connectivity index (χ4n) is 1.89. The van der Waals surface area contributed by atoms with Crippen molar-refractivity contribution in [2.24, 2.45) is 0 Å². The highest BCUT2D eigenvalue weighted by Crippen LogP contribution is 2.07. The van der Waals surface area contributed by atoms with Crippen LogP contribution in [0.2, 0.25) is 0 Å². The first-order valence-electron chi connectivity index (χ1n) is 5.76. The number of likely N-dealkylation sites (N-methyl/N-ethyl adjacent to an activating group) is 1. The van der Waals surface area contributed by atoms with Gasteiger partial charge in [-0.25, -0.2) is 0 Å². The summed E-state index contributed by atoms with van der Waals surface area (Å²) in [6.45, 7) is 9.29. The Morgan fingerprint density at radius 3 is 2.62 bits per heavy atom. The summed E-state index contributed by atoms with van der Waals surface area (Å²) < 4.78 is 0. The van der Waals surface area contributed by atoms with E-state index in [2.05, 4.69) is 40.5 Å². The Balaban J connectivity index is 1.91. The molecule has 2 rings (SSSR count). The molecule has 3 nitrogen and oxygen atoms in total. The molecule has 0 amide bonds. The number of hydrogen-bond donors (Lipinski definition) is 0. The Morgan fingerprint density at radius 1 is 1.31 bits per heavy atom. The average molecular weight is 217 g/mol. The van der Waals surface area contributed by atoms with Crippen LogP contribution >= 0.6 is 0 Å². The van der Waals surface area contributed by atoms with E-state index in [4.69, 9.17) is 0 Å². The van der Waals surface area contributed by atoms with Gasteiger partial charge < -0.3 is 4.90 Å². The molecule has 0 aliphatic carbocycles. The van der Waals surface area contributed by atoms with Crippen molar-refractivity contribution in [2.45, 2.75) is 6.54 Å². The summed E-state index contributed by atoms with van der Waals surface area (Å²) in [5.41, 5.74) is 2.23. The minimum Gasteiger partial charge on any atom is -0.304 e. The van der Waals surface area contributed by atoms with E-state index in [-0.39, 0.29) is 0 Å². The molecular weight excluding hydrogens is 198 g/mol. The van der Waals surface area contributed by atoms with E-state index >= 15 is 0 Å². The van der Waals surface area contributed by atoms with Gasteiger partial charge in [0.15, 0.2) is 0 Å². The van der Waals surface area contributed by atoms with E-state index in [0.29, 0.717) is 0 Å². The monoisotopic (exact) mass is 217 g/mol. The number of nitrogens with zero attached hydrogens (tertiary/aromatic N) is 3. The molecule has 1 aliphatic heterocycles. The summed E-state index contributed by atoms with van der Waals surface area (Å²) >= 11 is 0.